The Bertz CT molecular complexity index is 1600. The van der Waals surface area contributed by atoms with Crippen molar-refractivity contribution in [3.8, 4) is 33.4 Å². The first-order chi connectivity index (χ1) is 19.1. The average molecular weight is 725 g/mol. The van der Waals surface area contributed by atoms with Gasteiger partial charge in [-0.15, -0.1) is 0 Å². The van der Waals surface area contributed by atoms with Crippen molar-refractivity contribution in [2.75, 3.05) is 4.90 Å². The molecule has 6 rings (SSSR count). The van der Waals surface area contributed by atoms with Gasteiger partial charge < -0.3 is 4.90 Å². The van der Waals surface area contributed by atoms with Gasteiger partial charge in [0.25, 0.3) is 0 Å². The summed E-state index contributed by atoms with van der Waals surface area (Å²) in [4.78, 5) is 2.33. The van der Waals surface area contributed by atoms with Gasteiger partial charge >= 0.3 is 0 Å². The summed E-state index contributed by atoms with van der Waals surface area (Å²) in [6, 6.07) is 54.3. The summed E-state index contributed by atoms with van der Waals surface area (Å²) in [6.45, 7) is 0. The Kier molecular flexibility index (Phi) is 7.79. The summed E-state index contributed by atoms with van der Waals surface area (Å²) in [5.74, 6) is 0. The Morgan fingerprint density at radius 1 is 0.308 bits per heavy atom. The van der Waals surface area contributed by atoms with Gasteiger partial charge in [0.2, 0.25) is 0 Å². The molecule has 0 unspecified atom stereocenters. The van der Waals surface area contributed by atoms with E-state index in [-0.39, 0.29) is 0 Å². The molecule has 0 aromatic heterocycles. The van der Waals surface area contributed by atoms with Gasteiger partial charge in [0.15, 0.2) is 0 Å². The second-order valence-electron chi connectivity index (χ2n) is 9.36. The molecule has 6 aromatic carbocycles. The molecule has 0 radical (unpaired) electrons. The number of halogens is 2. The quantitative estimate of drug-likeness (QED) is 0.155. The Labute approximate surface area is 257 Å². The van der Waals surface area contributed by atoms with E-state index >= 15 is 0 Å². The molecule has 0 atom stereocenters. The minimum Gasteiger partial charge on any atom is -0.311 e. The van der Waals surface area contributed by atoms with Crippen LogP contribution >= 0.6 is 45.2 Å². The monoisotopic (exact) mass is 725 g/mol. The van der Waals surface area contributed by atoms with Gasteiger partial charge in [-0.05, 0) is 139 Å². The molecule has 0 aliphatic carbocycles. The van der Waals surface area contributed by atoms with Crippen LogP contribution in [0.3, 0.4) is 0 Å². The highest BCUT2D eigenvalue weighted by atomic mass is 127. The van der Waals surface area contributed by atoms with Gasteiger partial charge in [0.1, 0.15) is 0 Å². The maximum absolute atomic E-state index is 2.37. The van der Waals surface area contributed by atoms with Gasteiger partial charge in [0.05, 0.1) is 0 Å². The first-order valence-electron chi connectivity index (χ1n) is 12.8. The number of hydrogen-bond acceptors (Lipinski definition) is 1. The van der Waals surface area contributed by atoms with Crippen LogP contribution in [0.1, 0.15) is 0 Å². The molecular weight excluding hydrogens is 700 g/mol. The summed E-state index contributed by atoms with van der Waals surface area (Å²) in [5, 5.41) is 0. The third kappa shape index (κ3) is 5.94. The maximum atomic E-state index is 2.37. The second-order valence-corrected chi connectivity index (χ2v) is 11.9. The Morgan fingerprint density at radius 2 is 0.641 bits per heavy atom. The fraction of sp³-hybridized carbons (Fsp3) is 0. The molecule has 3 heteroatoms. The Balaban J connectivity index is 1.39. The Morgan fingerprint density at radius 3 is 1.03 bits per heavy atom. The molecule has 0 fully saturated rings. The van der Waals surface area contributed by atoms with Crippen LogP contribution in [0.25, 0.3) is 33.4 Å². The molecule has 0 saturated carbocycles. The van der Waals surface area contributed by atoms with Gasteiger partial charge in [-0.2, -0.15) is 0 Å². The summed E-state index contributed by atoms with van der Waals surface area (Å²) >= 11 is 4.74. The van der Waals surface area contributed by atoms with E-state index in [4.69, 9.17) is 0 Å². The lowest BCUT2D eigenvalue weighted by atomic mass is 10.0. The highest BCUT2D eigenvalue weighted by Gasteiger charge is 2.14. The topological polar surface area (TPSA) is 3.24 Å². The molecule has 0 bridgehead atoms. The molecule has 188 valence electrons. The predicted octanol–water partition coefficient (Wildman–Crippen LogP) is 11.4. The SMILES string of the molecule is Ic1cccc(-c2ccc(N(c3ccc(-c4ccccc4)cc3)c3ccc(-c4cccc(I)c4)cc3)cc2)c1. The normalized spacial score (nSPS) is 10.8. The van der Waals surface area contributed by atoms with Crippen molar-refractivity contribution in [2.45, 2.75) is 0 Å². The van der Waals surface area contributed by atoms with E-state index in [9.17, 15) is 0 Å². The molecule has 39 heavy (non-hydrogen) atoms. The molecule has 1 nitrogen and oxygen atoms in total. The van der Waals surface area contributed by atoms with Crippen molar-refractivity contribution in [3.63, 3.8) is 0 Å². The van der Waals surface area contributed by atoms with Gasteiger partial charge in [-0.25, -0.2) is 0 Å². The van der Waals surface area contributed by atoms with Gasteiger partial charge in [0, 0.05) is 24.2 Å². The number of nitrogens with zero attached hydrogens (tertiary/aromatic N) is 1. The van der Waals surface area contributed by atoms with Crippen LogP contribution in [-0.4, -0.2) is 0 Å². The van der Waals surface area contributed by atoms with Crippen LogP contribution in [0.4, 0.5) is 17.1 Å². The van der Waals surface area contributed by atoms with Crippen LogP contribution < -0.4 is 4.90 Å². The third-order valence-corrected chi connectivity index (χ3v) is 8.14. The summed E-state index contributed by atoms with van der Waals surface area (Å²) < 4.78 is 2.48. The summed E-state index contributed by atoms with van der Waals surface area (Å²) in [6.07, 6.45) is 0. The van der Waals surface area contributed by atoms with Crippen molar-refractivity contribution in [1.82, 2.24) is 0 Å². The average Bonchev–Trinajstić information content (AvgIpc) is 2.99. The fourth-order valence-corrected chi connectivity index (χ4v) is 5.91. The van der Waals surface area contributed by atoms with Crippen LogP contribution in [0.2, 0.25) is 0 Å². The van der Waals surface area contributed by atoms with Gasteiger partial charge in [-0.1, -0.05) is 91.0 Å². The standard InChI is InChI=1S/C36H25I2N/c37-32-10-4-8-30(24-32)28-14-20-35(21-15-28)39(34-18-12-27(13-19-34)26-6-2-1-3-7-26)36-22-16-29(17-23-36)31-9-5-11-33(38)25-31/h1-25H. The largest absolute Gasteiger partial charge is 0.311 e. The van der Waals surface area contributed by atoms with Crippen molar-refractivity contribution in [3.05, 3.63) is 159 Å². The van der Waals surface area contributed by atoms with E-state index in [1.165, 1.54) is 40.5 Å². The van der Waals surface area contributed by atoms with Crippen molar-refractivity contribution >= 4 is 62.2 Å². The van der Waals surface area contributed by atoms with E-state index in [1.54, 1.807) is 0 Å². The molecule has 0 spiro atoms. The second kappa shape index (κ2) is 11.8. The molecule has 0 N–H and O–H groups in total. The zero-order valence-electron chi connectivity index (χ0n) is 21.1. The molecule has 0 aliphatic heterocycles. The maximum Gasteiger partial charge on any atom is 0.0462 e. The van der Waals surface area contributed by atoms with Crippen molar-refractivity contribution < 1.29 is 0 Å². The minimum absolute atomic E-state index is 1.12. The molecule has 0 heterocycles. The lowest BCUT2D eigenvalue weighted by Crippen LogP contribution is -2.09. The van der Waals surface area contributed by atoms with Gasteiger partial charge in [-0.3, -0.25) is 0 Å². The summed E-state index contributed by atoms with van der Waals surface area (Å²) in [5.41, 5.74) is 10.7. The molecule has 0 saturated heterocycles. The van der Waals surface area contributed by atoms with E-state index in [2.05, 4.69) is 202 Å². The first-order valence-corrected chi connectivity index (χ1v) is 15.0. The lowest BCUT2D eigenvalue weighted by molar-refractivity contribution is 1.28. The smallest absolute Gasteiger partial charge is 0.0462 e. The number of anilines is 3. The van der Waals surface area contributed by atoms with Crippen LogP contribution in [0.15, 0.2) is 152 Å². The first kappa shape index (κ1) is 25.8. The van der Waals surface area contributed by atoms with Crippen LogP contribution in [0.5, 0.6) is 0 Å². The lowest BCUT2D eigenvalue weighted by Gasteiger charge is -2.26. The highest BCUT2D eigenvalue weighted by Crippen LogP contribution is 2.37. The predicted molar refractivity (Wildman–Crippen MR) is 183 cm³/mol. The molecule has 6 aromatic rings. The number of hydrogen-bond donors (Lipinski definition) is 0. The number of benzene rings is 6. The molecule has 0 aliphatic rings. The third-order valence-electron chi connectivity index (χ3n) is 6.80. The molecule has 0 amide bonds. The summed E-state index contributed by atoms with van der Waals surface area (Å²) in [7, 11) is 0. The zero-order valence-corrected chi connectivity index (χ0v) is 25.5. The highest BCUT2D eigenvalue weighted by molar-refractivity contribution is 14.1. The zero-order chi connectivity index (χ0) is 26.6. The van der Waals surface area contributed by atoms with E-state index in [1.807, 2.05) is 0 Å². The molecular formula is C36H25I2N. The Hall–Kier alpha value is -3.42. The van der Waals surface area contributed by atoms with E-state index in [0.717, 1.165) is 17.1 Å². The van der Waals surface area contributed by atoms with Crippen molar-refractivity contribution in [1.29, 1.82) is 0 Å². The van der Waals surface area contributed by atoms with E-state index in [0.29, 0.717) is 0 Å². The fourth-order valence-electron chi connectivity index (χ4n) is 4.82. The minimum atomic E-state index is 1.12. The van der Waals surface area contributed by atoms with Crippen LogP contribution in [-0.2, 0) is 0 Å². The number of rotatable bonds is 6. The van der Waals surface area contributed by atoms with E-state index < -0.39 is 0 Å². The van der Waals surface area contributed by atoms with Crippen molar-refractivity contribution in [2.24, 2.45) is 0 Å². The van der Waals surface area contributed by atoms with Crippen LogP contribution in [0, 0.1) is 7.14 Å².